The average molecular weight is 290 g/mol. The summed E-state index contributed by atoms with van der Waals surface area (Å²) < 4.78 is 5.19. The number of carbonyl (C=O) groups is 2. The zero-order chi connectivity index (χ0) is 14.8. The van der Waals surface area contributed by atoms with E-state index in [4.69, 9.17) is 9.84 Å². The van der Waals surface area contributed by atoms with Crippen molar-refractivity contribution in [1.82, 2.24) is 5.32 Å². The normalized spacial score (nSPS) is 26.6. The second-order valence-corrected chi connectivity index (χ2v) is 5.56. The van der Waals surface area contributed by atoms with Gasteiger partial charge in [-0.1, -0.05) is 12.1 Å². The summed E-state index contributed by atoms with van der Waals surface area (Å²) >= 11 is 0. The first-order valence-corrected chi connectivity index (χ1v) is 7.14. The molecule has 0 radical (unpaired) electrons. The first kappa shape index (κ1) is 13.9. The van der Waals surface area contributed by atoms with E-state index in [1.165, 1.54) is 0 Å². The van der Waals surface area contributed by atoms with Crippen LogP contribution in [0.15, 0.2) is 24.3 Å². The Morgan fingerprint density at radius 1 is 1.33 bits per heavy atom. The number of carboxylic acids is 1. The number of aliphatic carboxylic acids is 1. The Morgan fingerprint density at radius 3 is 2.81 bits per heavy atom. The highest BCUT2D eigenvalue weighted by Gasteiger charge is 2.42. The minimum atomic E-state index is -1.05. The molecule has 2 heterocycles. The zero-order valence-electron chi connectivity index (χ0n) is 11.5. The third-order valence-corrected chi connectivity index (χ3v) is 4.13. The predicted molar refractivity (Wildman–Crippen MR) is 76.3 cm³/mol. The molecule has 1 aromatic rings. The lowest BCUT2D eigenvalue weighted by atomic mass is 9.88. The monoisotopic (exact) mass is 290 g/mol. The summed E-state index contributed by atoms with van der Waals surface area (Å²) in [4.78, 5) is 23.0. The number of benzene rings is 1. The van der Waals surface area contributed by atoms with Gasteiger partial charge in [0.05, 0.1) is 11.6 Å². The van der Waals surface area contributed by atoms with E-state index in [2.05, 4.69) is 10.6 Å². The maximum Gasteiger partial charge on any atom is 0.341 e. The van der Waals surface area contributed by atoms with Crippen LogP contribution in [0.5, 0.6) is 5.75 Å². The summed E-state index contributed by atoms with van der Waals surface area (Å²) in [6.07, 6.45) is 3.06. The van der Waals surface area contributed by atoms with Crippen molar-refractivity contribution < 1.29 is 19.4 Å². The molecular weight excluding hydrogens is 272 g/mol. The highest BCUT2D eigenvalue weighted by molar-refractivity contribution is 5.94. The molecule has 0 aromatic heterocycles. The molecule has 1 amide bonds. The highest BCUT2D eigenvalue weighted by atomic mass is 16.5. The van der Waals surface area contributed by atoms with Gasteiger partial charge in [0.2, 0.25) is 5.91 Å². The molecule has 2 saturated heterocycles. The summed E-state index contributed by atoms with van der Waals surface area (Å²) in [5.74, 6) is -0.713. The first-order chi connectivity index (χ1) is 10.1. The molecule has 0 spiro atoms. The quantitative estimate of drug-likeness (QED) is 0.759. The van der Waals surface area contributed by atoms with Gasteiger partial charge in [0.15, 0.2) is 6.61 Å². The van der Waals surface area contributed by atoms with Gasteiger partial charge >= 0.3 is 5.97 Å². The molecule has 3 unspecified atom stereocenters. The molecule has 112 valence electrons. The molecule has 6 heteroatoms. The third kappa shape index (κ3) is 3.00. The van der Waals surface area contributed by atoms with Crippen molar-refractivity contribution in [3.63, 3.8) is 0 Å². The number of rotatable bonds is 5. The Morgan fingerprint density at radius 2 is 2.14 bits per heavy atom. The van der Waals surface area contributed by atoms with Crippen molar-refractivity contribution in [2.75, 3.05) is 11.9 Å². The Balaban J connectivity index is 1.67. The van der Waals surface area contributed by atoms with Gasteiger partial charge in [-0.05, 0) is 31.4 Å². The van der Waals surface area contributed by atoms with Gasteiger partial charge in [-0.3, -0.25) is 4.79 Å². The maximum absolute atomic E-state index is 12.4. The van der Waals surface area contributed by atoms with Crippen LogP contribution >= 0.6 is 0 Å². The lowest BCUT2D eigenvalue weighted by Gasteiger charge is -2.20. The Bertz CT molecular complexity index is 560. The van der Waals surface area contributed by atoms with E-state index in [-0.39, 0.29) is 17.9 Å². The van der Waals surface area contributed by atoms with Crippen LogP contribution in [-0.4, -0.2) is 35.7 Å². The predicted octanol–water partition coefficient (Wildman–Crippen LogP) is 1.23. The molecule has 3 rings (SSSR count). The number of fused-ring (bicyclic) bond motifs is 2. The lowest BCUT2D eigenvalue weighted by Crippen LogP contribution is -2.33. The fourth-order valence-electron chi connectivity index (χ4n) is 3.17. The van der Waals surface area contributed by atoms with E-state index >= 15 is 0 Å². The third-order valence-electron chi connectivity index (χ3n) is 4.13. The summed E-state index contributed by atoms with van der Waals surface area (Å²) in [5, 5.41) is 15.0. The highest BCUT2D eigenvalue weighted by Crippen LogP contribution is 2.34. The minimum Gasteiger partial charge on any atom is -0.480 e. The molecule has 21 heavy (non-hydrogen) atoms. The van der Waals surface area contributed by atoms with E-state index < -0.39 is 12.6 Å². The molecule has 2 aliphatic rings. The number of hydrogen-bond donors (Lipinski definition) is 3. The van der Waals surface area contributed by atoms with Crippen LogP contribution in [0.1, 0.15) is 19.3 Å². The van der Waals surface area contributed by atoms with E-state index in [0.29, 0.717) is 17.5 Å². The number of hydrogen-bond acceptors (Lipinski definition) is 4. The Labute approximate surface area is 122 Å². The molecular formula is C15H18N2O4. The Hall–Kier alpha value is -2.08. The average Bonchev–Trinajstić information content (AvgIpc) is 3.09. The number of carbonyl (C=O) groups excluding carboxylic acids is 1. The number of ether oxygens (including phenoxy) is 1. The van der Waals surface area contributed by atoms with Gasteiger partial charge in [-0.15, -0.1) is 0 Å². The fourth-order valence-corrected chi connectivity index (χ4v) is 3.17. The van der Waals surface area contributed by atoms with Crippen molar-refractivity contribution in [3.8, 4) is 5.75 Å². The first-order valence-electron chi connectivity index (χ1n) is 7.14. The molecule has 2 aliphatic heterocycles. The summed E-state index contributed by atoms with van der Waals surface area (Å²) in [6.45, 7) is -0.428. The van der Waals surface area contributed by atoms with Crippen LogP contribution < -0.4 is 15.4 Å². The number of nitrogens with one attached hydrogen (secondary N) is 2. The number of anilines is 1. The van der Waals surface area contributed by atoms with E-state index in [1.807, 2.05) is 0 Å². The molecule has 3 N–H and O–H groups in total. The van der Waals surface area contributed by atoms with Crippen molar-refractivity contribution >= 4 is 17.6 Å². The molecule has 6 nitrogen and oxygen atoms in total. The van der Waals surface area contributed by atoms with Crippen molar-refractivity contribution in [2.24, 2.45) is 5.92 Å². The molecule has 1 aromatic carbocycles. The minimum absolute atomic E-state index is 0.0173. The van der Waals surface area contributed by atoms with Gasteiger partial charge in [0, 0.05) is 12.1 Å². The SMILES string of the molecule is O=C(O)COc1ccccc1NC(=O)C1CC2CCC1N2. The van der Waals surface area contributed by atoms with Crippen molar-refractivity contribution in [3.05, 3.63) is 24.3 Å². The van der Waals surface area contributed by atoms with Gasteiger partial charge in [0.25, 0.3) is 0 Å². The van der Waals surface area contributed by atoms with Crippen molar-refractivity contribution in [1.29, 1.82) is 0 Å². The topological polar surface area (TPSA) is 87.7 Å². The van der Waals surface area contributed by atoms with Crippen LogP contribution in [-0.2, 0) is 9.59 Å². The van der Waals surface area contributed by atoms with Gasteiger partial charge in [-0.25, -0.2) is 4.79 Å². The van der Waals surface area contributed by atoms with Crippen molar-refractivity contribution in [2.45, 2.75) is 31.3 Å². The number of carboxylic acid groups (broad SMARTS) is 1. The van der Waals surface area contributed by atoms with Crippen LogP contribution in [0.3, 0.4) is 0 Å². The second-order valence-electron chi connectivity index (χ2n) is 5.56. The van der Waals surface area contributed by atoms with Crippen LogP contribution in [0.4, 0.5) is 5.69 Å². The Kier molecular flexibility index (Phi) is 3.79. The van der Waals surface area contributed by atoms with Gasteiger partial charge < -0.3 is 20.5 Å². The molecule has 2 fully saturated rings. The maximum atomic E-state index is 12.4. The number of amides is 1. The standard InChI is InChI=1S/C15H18N2O4/c18-14(19)8-21-13-4-2-1-3-12(13)17-15(20)10-7-9-5-6-11(10)16-9/h1-4,9-11,16H,5-8H2,(H,17,20)(H,18,19). The lowest BCUT2D eigenvalue weighted by molar-refractivity contribution is -0.139. The van der Waals surface area contributed by atoms with Crippen LogP contribution in [0, 0.1) is 5.92 Å². The van der Waals surface area contributed by atoms with Crippen LogP contribution in [0.2, 0.25) is 0 Å². The van der Waals surface area contributed by atoms with Gasteiger partial charge in [-0.2, -0.15) is 0 Å². The van der Waals surface area contributed by atoms with E-state index in [1.54, 1.807) is 24.3 Å². The molecule has 0 aliphatic carbocycles. The molecule has 2 bridgehead atoms. The van der Waals surface area contributed by atoms with Crippen LogP contribution in [0.25, 0.3) is 0 Å². The molecule has 3 atom stereocenters. The summed E-state index contributed by atoms with van der Waals surface area (Å²) in [7, 11) is 0. The van der Waals surface area contributed by atoms with Gasteiger partial charge in [0.1, 0.15) is 5.75 Å². The second kappa shape index (κ2) is 5.73. The fraction of sp³-hybridized carbons (Fsp3) is 0.467. The van der Waals surface area contributed by atoms with E-state index in [9.17, 15) is 9.59 Å². The molecule has 0 saturated carbocycles. The summed E-state index contributed by atoms with van der Waals surface area (Å²) in [6, 6.07) is 7.62. The van der Waals surface area contributed by atoms with E-state index in [0.717, 1.165) is 19.3 Å². The summed E-state index contributed by atoms with van der Waals surface area (Å²) in [5.41, 5.74) is 0.520. The zero-order valence-corrected chi connectivity index (χ0v) is 11.5. The number of para-hydroxylation sites is 2. The smallest absolute Gasteiger partial charge is 0.341 e. The largest absolute Gasteiger partial charge is 0.480 e.